The van der Waals surface area contributed by atoms with Crippen LogP contribution in [0.25, 0.3) is 10.9 Å². The molecule has 1 heterocycles. The minimum atomic E-state index is -3.33. The number of aromatic nitrogens is 1. The second-order valence-corrected chi connectivity index (χ2v) is 7.47. The first-order chi connectivity index (χ1) is 9.97. The monoisotopic (exact) mass is 317 g/mol. The lowest BCUT2D eigenvalue weighted by molar-refractivity contribution is 0.594. The quantitative estimate of drug-likeness (QED) is 0.749. The molecule has 0 saturated carbocycles. The zero-order valence-electron chi connectivity index (χ0n) is 11.5. The fourth-order valence-corrected chi connectivity index (χ4v) is 4.34. The van der Waals surface area contributed by atoms with Crippen molar-refractivity contribution in [3.05, 3.63) is 65.9 Å². The first-order valence-electron chi connectivity index (χ1n) is 6.55. The van der Waals surface area contributed by atoms with Crippen molar-refractivity contribution in [2.75, 3.05) is 0 Å². The molecule has 2 aromatic carbocycles. The largest absolute Gasteiger partial charge is 0.294 e. The highest BCUT2D eigenvalue weighted by molar-refractivity contribution is 7.90. The van der Waals surface area contributed by atoms with Gasteiger partial charge >= 0.3 is 0 Å². The molecule has 0 radical (unpaired) electrons. The Morgan fingerprint density at radius 2 is 1.86 bits per heavy atom. The van der Waals surface area contributed by atoms with Gasteiger partial charge in [0.05, 0.1) is 16.2 Å². The maximum Gasteiger partial charge on any atom is 0.182 e. The van der Waals surface area contributed by atoms with Crippen LogP contribution in [0.15, 0.2) is 59.6 Å². The van der Waals surface area contributed by atoms with Crippen LogP contribution in [0.4, 0.5) is 0 Å². The molecule has 0 spiro atoms. The van der Waals surface area contributed by atoms with Gasteiger partial charge in [-0.3, -0.25) is 3.97 Å². The molecule has 1 aromatic heterocycles. The highest BCUT2D eigenvalue weighted by Gasteiger charge is 2.17. The van der Waals surface area contributed by atoms with Crippen LogP contribution in [0, 0.1) is 6.92 Å². The van der Waals surface area contributed by atoms with Gasteiger partial charge in [-0.15, -0.1) is 0 Å². The standard InChI is InChI=1S/C16H15NO2S2/c1-12-4-2-3-5-16(12)21(18,19)11-13-6-7-15-14(10-13)8-9-17(15)20/h2-10,20H,11H2,1H3. The van der Waals surface area contributed by atoms with Crippen molar-refractivity contribution >= 4 is 33.6 Å². The Balaban J connectivity index is 1.99. The van der Waals surface area contributed by atoms with E-state index in [1.54, 1.807) is 16.1 Å². The van der Waals surface area contributed by atoms with Gasteiger partial charge in [-0.1, -0.05) is 37.1 Å². The zero-order valence-corrected chi connectivity index (χ0v) is 13.2. The molecule has 0 saturated heterocycles. The van der Waals surface area contributed by atoms with E-state index >= 15 is 0 Å². The summed E-state index contributed by atoms with van der Waals surface area (Å²) < 4.78 is 26.8. The summed E-state index contributed by atoms with van der Waals surface area (Å²) in [4.78, 5) is 0.400. The van der Waals surface area contributed by atoms with Gasteiger partial charge in [-0.25, -0.2) is 8.42 Å². The third-order valence-corrected chi connectivity index (χ3v) is 5.71. The van der Waals surface area contributed by atoms with Gasteiger partial charge in [0.25, 0.3) is 0 Å². The van der Waals surface area contributed by atoms with Crippen LogP contribution in [-0.2, 0) is 15.6 Å². The normalized spacial score (nSPS) is 11.9. The lowest BCUT2D eigenvalue weighted by Gasteiger charge is -2.08. The average Bonchev–Trinajstić information content (AvgIpc) is 2.80. The maximum atomic E-state index is 12.5. The number of nitrogens with zero attached hydrogens (tertiary/aromatic N) is 1. The molecule has 0 atom stereocenters. The van der Waals surface area contributed by atoms with E-state index in [0.717, 1.165) is 22.0 Å². The summed E-state index contributed by atoms with van der Waals surface area (Å²) in [6.07, 6.45) is 1.84. The fourth-order valence-electron chi connectivity index (χ4n) is 2.47. The van der Waals surface area contributed by atoms with E-state index in [9.17, 15) is 8.42 Å². The Kier molecular flexibility index (Phi) is 3.55. The predicted molar refractivity (Wildman–Crippen MR) is 88.4 cm³/mol. The number of benzene rings is 2. The molecule has 0 unspecified atom stereocenters. The van der Waals surface area contributed by atoms with Crippen molar-refractivity contribution in [1.29, 1.82) is 0 Å². The van der Waals surface area contributed by atoms with Crippen LogP contribution in [-0.4, -0.2) is 12.4 Å². The first kappa shape index (κ1) is 14.2. The zero-order chi connectivity index (χ0) is 15.0. The Morgan fingerprint density at radius 3 is 2.62 bits per heavy atom. The summed E-state index contributed by atoms with van der Waals surface area (Å²) in [6.45, 7) is 1.82. The van der Waals surface area contributed by atoms with Crippen molar-refractivity contribution < 1.29 is 8.42 Å². The van der Waals surface area contributed by atoms with Crippen molar-refractivity contribution in [3.63, 3.8) is 0 Å². The third-order valence-electron chi connectivity index (χ3n) is 3.52. The number of sulfone groups is 1. The van der Waals surface area contributed by atoms with Crippen LogP contribution >= 0.6 is 12.8 Å². The van der Waals surface area contributed by atoms with Crippen LogP contribution in [0.1, 0.15) is 11.1 Å². The molecule has 21 heavy (non-hydrogen) atoms. The molecule has 0 aliphatic heterocycles. The Labute approximate surface area is 129 Å². The summed E-state index contributed by atoms with van der Waals surface area (Å²) in [5, 5.41) is 0.988. The van der Waals surface area contributed by atoms with Crippen molar-refractivity contribution in [1.82, 2.24) is 3.97 Å². The van der Waals surface area contributed by atoms with Gasteiger partial charge in [0, 0.05) is 11.6 Å². The second-order valence-electron chi connectivity index (χ2n) is 5.08. The van der Waals surface area contributed by atoms with E-state index in [0.29, 0.717) is 4.90 Å². The molecule has 0 amide bonds. The minimum Gasteiger partial charge on any atom is -0.294 e. The van der Waals surface area contributed by atoms with Crippen molar-refractivity contribution in [2.24, 2.45) is 0 Å². The number of hydrogen-bond donors (Lipinski definition) is 1. The molecule has 108 valence electrons. The molecule has 3 aromatic rings. The summed E-state index contributed by atoms with van der Waals surface area (Å²) in [6, 6.07) is 14.6. The van der Waals surface area contributed by atoms with Gasteiger partial charge in [-0.2, -0.15) is 0 Å². The van der Waals surface area contributed by atoms with E-state index in [4.69, 9.17) is 0 Å². The van der Waals surface area contributed by atoms with Crippen LogP contribution in [0.5, 0.6) is 0 Å². The first-order valence-corrected chi connectivity index (χ1v) is 8.60. The van der Waals surface area contributed by atoms with Gasteiger partial charge in [0.1, 0.15) is 0 Å². The summed E-state index contributed by atoms with van der Waals surface area (Å²) in [5.41, 5.74) is 2.53. The van der Waals surface area contributed by atoms with Crippen molar-refractivity contribution in [2.45, 2.75) is 17.6 Å². The second kappa shape index (κ2) is 5.24. The number of rotatable bonds is 3. The molecular formula is C16H15NO2S2. The lowest BCUT2D eigenvalue weighted by atomic mass is 10.2. The van der Waals surface area contributed by atoms with Crippen LogP contribution < -0.4 is 0 Å². The van der Waals surface area contributed by atoms with E-state index in [-0.39, 0.29) is 5.75 Å². The maximum absolute atomic E-state index is 12.5. The number of hydrogen-bond acceptors (Lipinski definition) is 3. The van der Waals surface area contributed by atoms with Gasteiger partial charge < -0.3 is 0 Å². The van der Waals surface area contributed by atoms with Gasteiger partial charge in [0.2, 0.25) is 0 Å². The molecule has 0 fully saturated rings. The topological polar surface area (TPSA) is 39.1 Å². The third kappa shape index (κ3) is 2.71. The molecule has 5 heteroatoms. The summed E-state index contributed by atoms with van der Waals surface area (Å²) >= 11 is 4.29. The Morgan fingerprint density at radius 1 is 1.10 bits per heavy atom. The van der Waals surface area contributed by atoms with Crippen LogP contribution in [0.2, 0.25) is 0 Å². The van der Waals surface area contributed by atoms with Crippen LogP contribution in [0.3, 0.4) is 0 Å². The average molecular weight is 317 g/mol. The molecule has 0 bridgehead atoms. The summed E-state index contributed by atoms with van der Waals surface area (Å²) in [5.74, 6) is 0.00550. The number of thiol groups is 1. The van der Waals surface area contributed by atoms with E-state index in [1.165, 1.54) is 0 Å². The van der Waals surface area contributed by atoms with Crippen molar-refractivity contribution in [3.8, 4) is 0 Å². The number of fused-ring (bicyclic) bond motifs is 1. The van der Waals surface area contributed by atoms with Gasteiger partial charge in [0.15, 0.2) is 9.84 Å². The number of aryl methyl sites for hydroxylation is 1. The Hall–Kier alpha value is -1.72. The van der Waals surface area contributed by atoms with E-state index in [2.05, 4.69) is 12.8 Å². The minimum absolute atomic E-state index is 0.00550. The smallest absolute Gasteiger partial charge is 0.182 e. The Bertz CT molecular complexity index is 911. The molecule has 3 rings (SSSR count). The molecule has 0 N–H and O–H groups in total. The molecular weight excluding hydrogens is 302 g/mol. The molecule has 3 nitrogen and oxygen atoms in total. The SMILES string of the molecule is Cc1ccccc1S(=O)(=O)Cc1ccc2c(ccn2S)c1. The highest BCUT2D eigenvalue weighted by atomic mass is 32.2. The molecule has 0 aliphatic carbocycles. The van der Waals surface area contributed by atoms with Gasteiger partial charge in [-0.05, 0) is 42.3 Å². The predicted octanol–water partition coefficient (Wildman–Crippen LogP) is 3.62. The highest BCUT2D eigenvalue weighted by Crippen LogP contribution is 2.23. The van der Waals surface area contributed by atoms with E-state index in [1.807, 2.05) is 49.5 Å². The summed E-state index contributed by atoms with van der Waals surface area (Å²) in [7, 11) is -3.33. The van der Waals surface area contributed by atoms with E-state index < -0.39 is 9.84 Å². The fraction of sp³-hybridized carbons (Fsp3) is 0.125. The molecule has 0 aliphatic rings. The lowest BCUT2D eigenvalue weighted by Crippen LogP contribution is -2.06.